The van der Waals surface area contributed by atoms with Gasteiger partial charge < -0.3 is 0 Å². The largest absolute Gasteiger partial charge is 0.0811 e. The molecule has 0 aliphatic carbocycles. The van der Waals surface area contributed by atoms with Gasteiger partial charge in [-0.05, 0) is 26.2 Å². The molecule has 0 saturated heterocycles. The highest BCUT2D eigenvalue weighted by atomic mass is 13.9. The van der Waals surface area contributed by atoms with E-state index in [9.17, 15) is 0 Å². The Morgan fingerprint density at radius 1 is 1.17 bits per heavy atom. The summed E-state index contributed by atoms with van der Waals surface area (Å²) < 4.78 is 0. The third kappa shape index (κ3) is 7.59. The summed E-state index contributed by atoms with van der Waals surface area (Å²) in [6.07, 6.45) is 13.7. The Hall–Kier alpha value is -0.520. The van der Waals surface area contributed by atoms with Crippen LogP contribution in [0.3, 0.4) is 0 Å². The van der Waals surface area contributed by atoms with Crippen molar-refractivity contribution in [3.63, 3.8) is 0 Å². The molecule has 0 amide bonds. The van der Waals surface area contributed by atoms with Gasteiger partial charge in [-0.1, -0.05) is 50.5 Å². The van der Waals surface area contributed by atoms with E-state index in [0.717, 1.165) is 0 Å². The molecule has 12 heavy (non-hydrogen) atoms. The number of unbranched alkanes of at least 4 members (excludes halogenated alkanes) is 2. The molecule has 0 atom stereocenters. The maximum absolute atomic E-state index is 2.24. The molecule has 1 radical (unpaired) electrons. The van der Waals surface area contributed by atoms with Gasteiger partial charge in [-0.3, -0.25) is 0 Å². The Bertz CT molecular complexity index is 140. The summed E-state index contributed by atoms with van der Waals surface area (Å²) >= 11 is 0. The molecule has 0 unspecified atom stereocenters. The van der Waals surface area contributed by atoms with Crippen molar-refractivity contribution in [2.24, 2.45) is 0 Å². The summed E-state index contributed by atoms with van der Waals surface area (Å²) in [4.78, 5) is 0. The summed E-state index contributed by atoms with van der Waals surface area (Å²) in [7, 11) is 0. The molecule has 0 aromatic heterocycles. The van der Waals surface area contributed by atoms with Crippen LogP contribution in [0.2, 0.25) is 0 Å². The van der Waals surface area contributed by atoms with E-state index in [1.807, 2.05) is 6.92 Å². The first-order chi connectivity index (χ1) is 5.81. The van der Waals surface area contributed by atoms with Gasteiger partial charge >= 0.3 is 0 Å². The average Bonchev–Trinajstić information content (AvgIpc) is 2.06. The average molecular weight is 165 g/mol. The van der Waals surface area contributed by atoms with Crippen molar-refractivity contribution in [3.05, 3.63) is 30.2 Å². The molecule has 0 saturated carbocycles. The minimum atomic E-state index is 1.25. The van der Waals surface area contributed by atoms with Crippen LogP contribution in [0.25, 0.3) is 0 Å². The van der Waals surface area contributed by atoms with E-state index >= 15 is 0 Å². The first-order valence-electron chi connectivity index (χ1n) is 4.93. The highest BCUT2D eigenvalue weighted by molar-refractivity contribution is 5.12. The molecular weight excluding hydrogens is 144 g/mol. The van der Waals surface area contributed by atoms with Gasteiger partial charge in [-0.15, -0.1) is 0 Å². The zero-order valence-electron chi connectivity index (χ0n) is 8.64. The standard InChI is InChI=1S/C12H21/c1-4-6-8-10-12(3)11-9-7-5-2/h4,6,8,10H,5,7,9,11H2,1-3H3. The molecule has 0 heterocycles. The Morgan fingerprint density at radius 2 is 1.92 bits per heavy atom. The minimum Gasteiger partial charge on any atom is -0.0811 e. The molecular formula is C12H21. The van der Waals surface area contributed by atoms with Crippen molar-refractivity contribution in [2.75, 3.05) is 0 Å². The van der Waals surface area contributed by atoms with Crippen molar-refractivity contribution in [1.82, 2.24) is 0 Å². The summed E-state index contributed by atoms with van der Waals surface area (Å²) in [6.45, 7) is 6.48. The molecule has 69 valence electrons. The highest BCUT2D eigenvalue weighted by Gasteiger charge is 1.87. The molecule has 0 aromatic rings. The van der Waals surface area contributed by atoms with Gasteiger partial charge in [0.15, 0.2) is 0 Å². The van der Waals surface area contributed by atoms with Crippen LogP contribution in [0.5, 0.6) is 0 Å². The normalized spacial score (nSPS) is 12.8. The first kappa shape index (κ1) is 11.5. The molecule has 0 aliphatic heterocycles. The van der Waals surface area contributed by atoms with Gasteiger partial charge in [0.2, 0.25) is 0 Å². The Labute approximate surface area is 77.4 Å². The number of hydrogen-bond acceptors (Lipinski definition) is 0. The van der Waals surface area contributed by atoms with Gasteiger partial charge in [-0.25, -0.2) is 0 Å². The summed E-state index contributed by atoms with van der Waals surface area (Å²) in [5.74, 6) is 0. The van der Waals surface area contributed by atoms with Crippen LogP contribution in [0, 0.1) is 6.42 Å². The second-order valence-corrected chi connectivity index (χ2v) is 3.19. The zero-order chi connectivity index (χ0) is 9.23. The van der Waals surface area contributed by atoms with Crippen molar-refractivity contribution in [1.29, 1.82) is 0 Å². The van der Waals surface area contributed by atoms with E-state index in [1.165, 1.54) is 31.3 Å². The second-order valence-electron chi connectivity index (χ2n) is 3.19. The molecule has 0 heteroatoms. The van der Waals surface area contributed by atoms with Gasteiger partial charge in [0, 0.05) is 0 Å². The van der Waals surface area contributed by atoms with Gasteiger partial charge in [0.05, 0.1) is 0 Å². The summed E-state index contributed by atoms with van der Waals surface area (Å²) in [6, 6.07) is 0. The van der Waals surface area contributed by atoms with E-state index in [1.54, 1.807) is 0 Å². The van der Waals surface area contributed by atoms with Crippen LogP contribution in [0.4, 0.5) is 0 Å². The van der Waals surface area contributed by atoms with Crippen LogP contribution in [-0.2, 0) is 0 Å². The van der Waals surface area contributed by atoms with Crippen molar-refractivity contribution in [3.8, 4) is 0 Å². The fourth-order valence-corrected chi connectivity index (χ4v) is 1.07. The molecule has 0 N–H and O–H groups in total. The quantitative estimate of drug-likeness (QED) is 0.407. The minimum absolute atomic E-state index is 1.25. The van der Waals surface area contributed by atoms with E-state index in [4.69, 9.17) is 0 Å². The number of hydrogen-bond donors (Lipinski definition) is 0. The second kappa shape index (κ2) is 8.58. The van der Waals surface area contributed by atoms with E-state index in [2.05, 4.69) is 38.5 Å². The van der Waals surface area contributed by atoms with Crippen LogP contribution in [-0.4, -0.2) is 0 Å². The highest BCUT2D eigenvalue weighted by Crippen LogP contribution is 2.07. The lowest BCUT2D eigenvalue weighted by Gasteiger charge is -1.97. The van der Waals surface area contributed by atoms with Gasteiger partial charge in [-0.2, -0.15) is 0 Å². The number of allylic oxidation sites excluding steroid dienone is 4. The molecule has 0 spiro atoms. The predicted octanol–water partition coefficient (Wildman–Crippen LogP) is 4.29. The maximum Gasteiger partial charge on any atom is -0.0198 e. The Kier molecular flexibility index (Phi) is 8.20. The van der Waals surface area contributed by atoms with Crippen LogP contribution in [0.1, 0.15) is 46.5 Å². The van der Waals surface area contributed by atoms with Crippen LogP contribution < -0.4 is 0 Å². The molecule has 0 fully saturated rings. The first-order valence-corrected chi connectivity index (χ1v) is 4.93. The molecule has 0 nitrogen and oxygen atoms in total. The van der Waals surface area contributed by atoms with Crippen molar-refractivity contribution >= 4 is 0 Å². The summed E-state index contributed by atoms with van der Waals surface area (Å²) in [5.41, 5.74) is 1.49. The Morgan fingerprint density at radius 3 is 2.50 bits per heavy atom. The molecule has 0 aromatic carbocycles. The molecule has 0 bridgehead atoms. The zero-order valence-corrected chi connectivity index (χ0v) is 8.64. The molecule has 0 rings (SSSR count). The fraction of sp³-hybridized carbons (Fsp3) is 0.583. The lowest BCUT2D eigenvalue weighted by Crippen LogP contribution is -1.77. The van der Waals surface area contributed by atoms with Gasteiger partial charge in [0.25, 0.3) is 0 Å². The lowest BCUT2D eigenvalue weighted by atomic mass is 10.1. The summed E-state index contributed by atoms with van der Waals surface area (Å²) in [5, 5.41) is 0. The third-order valence-electron chi connectivity index (χ3n) is 1.86. The molecule has 0 aliphatic rings. The third-order valence-corrected chi connectivity index (χ3v) is 1.86. The topological polar surface area (TPSA) is 0 Å². The fourth-order valence-electron chi connectivity index (χ4n) is 1.07. The van der Waals surface area contributed by atoms with Crippen LogP contribution in [0.15, 0.2) is 23.8 Å². The number of rotatable bonds is 6. The van der Waals surface area contributed by atoms with E-state index in [-0.39, 0.29) is 0 Å². The van der Waals surface area contributed by atoms with Crippen LogP contribution >= 0.6 is 0 Å². The predicted molar refractivity (Wildman–Crippen MR) is 57.0 cm³/mol. The van der Waals surface area contributed by atoms with E-state index in [0.29, 0.717) is 0 Å². The van der Waals surface area contributed by atoms with Crippen molar-refractivity contribution in [2.45, 2.75) is 46.5 Å². The maximum atomic E-state index is 2.24. The van der Waals surface area contributed by atoms with Crippen molar-refractivity contribution < 1.29 is 0 Å². The SMILES string of the molecule is C[CH]C=CC=C(C)CCCCC. The lowest BCUT2D eigenvalue weighted by molar-refractivity contribution is 0.713. The van der Waals surface area contributed by atoms with E-state index < -0.39 is 0 Å². The monoisotopic (exact) mass is 165 g/mol. The van der Waals surface area contributed by atoms with Gasteiger partial charge in [0.1, 0.15) is 0 Å². The smallest absolute Gasteiger partial charge is 0.0198 e. The Balaban J connectivity index is 3.48.